The second-order valence-corrected chi connectivity index (χ2v) is 4.49. The Kier molecular flexibility index (Phi) is 4.00. The van der Waals surface area contributed by atoms with Gasteiger partial charge in [0, 0.05) is 23.1 Å². The molecule has 0 bridgehead atoms. The first-order chi connectivity index (χ1) is 9.51. The molecule has 0 aromatic heterocycles. The Labute approximate surface area is 120 Å². The number of nitrogens with one attached hydrogen (secondary N) is 1. The average molecular weight is 293 g/mol. The van der Waals surface area contributed by atoms with E-state index in [-0.39, 0.29) is 11.3 Å². The molecule has 0 saturated heterocycles. The number of hydrogen-bond donors (Lipinski definition) is 3. The predicted molar refractivity (Wildman–Crippen MR) is 79.1 cm³/mol. The van der Waals surface area contributed by atoms with Gasteiger partial charge < -0.3 is 20.9 Å². The number of anilines is 3. The molecule has 0 unspecified atom stereocenters. The van der Waals surface area contributed by atoms with Crippen LogP contribution in [0.2, 0.25) is 5.02 Å². The number of aromatic carboxylic acids is 1. The first kappa shape index (κ1) is 14.0. The number of carboxylic acids is 1. The van der Waals surface area contributed by atoms with Gasteiger partial charge in [-0.3, -0.25) is 0 Å². The third kappa shape index (κ3) is 2.95. The molecule has 4 N–H and O–H groups in total. The van der Waals surface area contributed by atoms with Gasteiger partial charge in [0.2, 0.25) is 0 Å². The van der Waals surface area contributed by atoms with Crippen molar-refractivity contribution in [3.8, 4) is 5.75 Å². The van der Waals surface area contributed by atoms with E-state index in [0.717, 1.165) is 5.69 Å². The molecule has 20 heavy (non-hydrogen) atoms. The van der Waals surface area contributed by atoms with E-state index in [1.54, 1.807) is 30.3 Å². The van der Waals surface area contributed by atoms with Crippen LogP contribution in [-0.2, 0) is 0 Å². The number of ether oxygens (including phenoxy) is 1. The molecule has 0 radical (unpaired) electrons. The molecule has 6 heteroatoms. The maximum Gasteiger partial charge on any atom is 0.337 e. The molecular formula is C14H13ClN2O3. The molecule has 0 aliphatic rings. The van der Waals surface area contributed by atoms with Crippen molar-refractivity contribution in [2.75, 3.05) is 18.2 Å². The van der Waals surface area contributed by atoms with Gasteiger partial charge in [-0.15, -0.1) is 0 Å². The minimum atomic E-state index is -1.07. The molecule has 0 heterocycles. The fraction of sp³-hybridized carbons (Fsp3) is 0.0714. The molecule has 2 aromatic rings. The maximum absolute atomic E-state index is 11.0. The second kappa shape index (κ2) is 5.71. The van der Waals surface area contributed by atoms with E-state index < -0.39 is 5.97 Å². The Morgan fingerprint density at radius 2 is 1.90 bits per heavy atom. The fourth-order valence-corrected chi connectivity index (χ4v) is 1.92. The minimum absolute atomic E-state index is 0.0518. The number of rotatable bonds is 4. The van der Waals surface area contributed by atoms with E-state index in [4.69, 9.17) is 27.2 Å². The largest absolute Gasteiger partial charge is 0.495 e. The van der Waals surface area contributed by atoms with E-state index in [1.807, 2.05) is 0 Å². The Balaban J connectivity index is 2.30. The zero-order valence-electron chi connectivity index (χ0n) is 10.7. The molecule has 2 rings (SSSR count). The summed E-state index contributed by atoms with van der Waals surface area (Å²) in [5.41, 5.74) is 7.22. The summed E-state index contributed by atoms with van der Waals surface area (Å²) < 4.78 is 5.12. The topological polar surface area (TPSA) is 84.6 Å². The highest BCUT2D eigenvalue weighted by Gasteiger charge is 2.09. The number of methoxy groups -OCH3 is 1. The van der Waals surface area contributed by atoms with Crippen molar-refractivity contribution in [3.63, 3.8) is 0 Å². The molecule has 0 saturated carbocycles. The summed E-state index contributed by atoms with van der Waals surface area (Å²) in [4.78, 5) is 11.0. The molecule has 0 amide bonds. The van der Waals surface area contributed by atoms with Gasteiger partial charge in [-0.05, 0) is 30.3 Å². The first-order valence-electron chi connectivity index (χ1n) is 5.74. The van der Waals surface area contributed by atoms with Crippen LogP contribution in [0.3, 0.4) is 0 Å². The normalized spacial score (nSPS) is 10.1. The lowest BCUT2D eigenvalue weighted by Gasteiger charge is -2.10. The molecule has 0 spiro atoms. The van der Waals surface area contributed by atoms with Gasteiger partial charge in [-0.1, -0.05) is 11.6 Å². The minimum Gasteiger partial charge on any atom is -0.495 e. The molecule has 0 aliphatic heterocycles. The SMILES string of the molecule is COc1cc(Nc2ccc(N)c(C(=O)O)c2)ccc1Cl. The maximum atomic E-state index is 11.0. The smallest absolute Gasteiger partial charge is 0.337 e. The summed E-state index contributed by atoms with van der Waals surface area (Å²) >= 11 is 5.94. The van der Waals surface area contributed by atoms with Crippen LogP contribution in [0.4, 0.5) is 17.1 Å². The Morgan fingerprint density at radius 3 is 2.55 bits per heavy atom. The summed E-state index contributed by atoms with van der Waals surface area (Å²) in [5.74, 6) is -0.537. The highest BCUT2D eigenvalue weighted by molar-refractivity contribution is 6.32. The molecule has 0 aliphatic carbocycles. The van der Waals surface area contributed by atoms with Crippen molar-refractivity contribution in [1.82, 2.24) is 0 Å². The van der Waals surface area contributed by atoms with Crippen molar-refractivity contribution in [2.24, 2.45) is 0 Å². The summed E-state index contributed by atoms with van der Waals surface area (Å²) in [6, 6.07) is 9.89. The quantitative estimate of drug-likeness (QED) is 0.752. The summed E-state index contributed by atoms with van der Waals surface area (Å²) in [5, 5.41) is 12.6. The lowest BCUT2D eigenvalue weighted by molar-refractivity contribution is 0.0698. The number of benzene rings is 2. The van der Waals surface area contributed by atoms with Crippen molar-refractivity contribution >= 4 is 34.6 Å². The Hall–Kier alpha value is -2.40. The summed E-state index contributed by atoms with van der Waals surface area (Å²) in [7, 11) is 1.52. The van der Waals surface area contributed by atoms with Crippen LogP contribution in [0.25, 0.3) is 0 Å². The standard InChI is InChI=1S/C14H13ClN2O3/c1-20-13-7-9(2-4-11(13)15)17-8-3-5-12(16)10(6-8)14(18)19/h2-7,17H,16H2,1H3,(H,18,19). The van der Waals surface area contributed by atoms with Crippen molar-refractivity contribution in [1.29, 1.82) is 0 Å². The van der Waals surface area contributed by atoms with E-state index in [1.165, 1.54) is 13.2 Å². The van der Waals surface area contributed by atoms with Gasteiger partial charge in [0.15, 0.2) is 0 Å². The van der Waals surface area contributed by atoms with E-state index >= 15 is 0 Å². The van der Waals surface area contributed by atoms with Gasteiger partial charge in [0.05, 0.1) is 17.7 Å². The van der Waals surface area contributed by atoms with Gasteiger partial charge in [0.1, 0.15) is 5.75 Å². The summed E-state index contributed by atoms with van der Waals surface area (Å²) in [6.07, 6.45) is 0. The highest BCUT2D eigenvalue weighted by Crippen LogP contribution is 2.29. The van der Waals surface area contributed by atoms with E-state index in [0.29, 0.717) is 16.5 Å². The molecule has 104 valence electrons. The van der Waals surface area contributed by atoms with Crippen LogP contribution >= 0.6 is 11.6 Å². The summed E-state index contributed by atoms with van der Waals surface area (Å²) in [6.45, 7) is 0. The first-order valence-corrected chi connectivity index (χ1v) is 6.12. The van der Waals surface area contributed by atoms with Gasteiger partial charge in [0.25, 0.3) is 0 Å². The third-order valence-corrected chi connectivity index (χ3v) is 3.04. The van der Waals surface area contributed by atoms with E-state index in [9.17, 15) is 4.79 Å². The van der Waals surface area contributed by atoms with E-state index in [2.05, 4.69) is 5.32 Å². The molecular weight excluding hydrogens is 280 g/mol. The van der Waals surface area contributed by atoms with Crippen molar-refractivity contribution < 1.29 is 14.6 Å². The van der Waals surface area contributed by atoms with Crippen molar-refractivity contribution in [2.45, 2.75) is 0 Å². The lowest BCUT2D eigenvalue weighted by atomic mass is 10.1. The molecule has 2 aromatic carbocycles. The van der Waals surface area contributed by atoms with Crippen LogP contribution in [0, 0.1) is 0 Å². The zero-order chi connectivity index (χ0) is 14.7. The molecule has 0 fully saturated rings. The Morgan fingerprint density at radius 1 is 1.25 bits per heavy atom. The van der Waals surface area contributed by atoms with Crippen molar-refractivity contribution in [3.05, 3.63) is 47.0 Å². The van der Waals surface area contributed by atoms with Crippen LogP contribution in [0.15, 0.2) is 36.4 Å². The van der Waals surface area contributed by atoms with Gasteiger partial charge >= 0.3 is 5.97 Å². The predicted octanol–water partition coefficient (Wildman–Crippen LogP) is 3.37. The molecule has 0 atom stereocenters. The molecule has 5 nitrogen and oxygen atoms in total. The third-order valence-electron chi connectivity index (χ3n) is 2.72. The number of halogens is 1. The average Bonchev–Trinajstić information content (AvgIpc) is 2.42. The number of nitrogen functional groups attached to an aromatic ring is 1. The number of nitrogens with two attached hydrogens (primary N) is 1. The van der Waals surface area contributed by atoms with Gasteiger partial charge in [-0.25, -0.2) is 4.79 Å². The second-order valence-electron chi connectivity index (χ2n) is 4.08. The number of carbonyl (C=O) groups is 1. The zero-order valence-corrected chi connectivity index (χ0v) is 11.4. The fourth-order valence-electron chi connectivity index (χ4n) is 1.72. The monoisotopic (exact) mass is 292 g/mol. The van der Waals surface area contributed by atoms with Crippen LogP contribution in [0.5, 0.6) is 5.75 Å². The highest BCUT2D eigenvalue weighted by atomic mass is 35.5. The Bertz CT molecular complexity index is 659. The number of hydrogen-bond acceptors (Lipinski definition) is 4. The van der Waals surface area contributed by atoms with Crippen LogP contribution in [0.1, 0.15) is 10.4 Å². The van der Waals surface area contributed by atoms with Gasteiger partial charge in [-0.2, -0.15) is 0 Å². The number of carboxylic acid groups (broad SMARTS) is 1. The van der Waals surface area contributed by atoms with Crippen LogP contribution in [-0.4, -0.2) is 18.2 Å². The van der Waals surface area contributed by atoms with Crippen LogP contribution < -0.4 is 15.8 Å². The lowest BCUT2D eigenvalue weighted by Crippen LogP contribution is -2.03.